The quantitative estimate of drug-likeness (QED) is 0.581. The number of amides is 1. The van der Waals surface area contributed by atoms with E-state index < -0.39 is 12.5 Å². The fourth-order valence-electron chi connectivity index (χ4n) is 2.02. The highest BCUT2D eigenvalue weighted by atomic mass is 19.3. The molecule has 7 nitrogen and oxygen atoms in total. The molecule has 2 N–H and O–H groups in total. The molecule has 2 rings (SSSR count). The van der Waals surface area contributed by atoms with Gasteiger partial charge >= 0.3 is 6.61 Å². The van der Waals surface area contributed by atoms with Crippen LogP contribution in [0.2, 0.25) is 0 Å². The normalized spacial score (nSPS) is 10.8. The summed E-state index contributed by atoms with van der Waals surface area (Å²) in [6.45, 7) is -3.04. The SMILES string of the molecule is COc1cc(/C=N\NC(=O)c2ccc(O)cc2)cc(OC)c1OC(F)F. The standard InChI is InChI=1S/C17H16F2N2O5/c1-24-13-7-10(8-14(25-2)15(13)26-17(18)19)9-20-21-16(23)11-3-5-12(22)6-4-11/h3-9,17,22H,1-2H3,(H,21,23)/b20-9-. The first-order chi connectivity index (χ1) is 12.4. The second kappa shape index (κ2) is 8.65. The number of ether oxygens (including phenoxy) is 3. The van der Waals surface area contributed by atoms with Gasteiger partial charge in [0.15, 0.2) is 11.5 Å². The summed E-state index contributed by atoms with van der Waals surface area (Å²) in [5, 5.41) is 13.0. The van der Waals surface area contributed by atoms with Gasteiger partial charge in [-0.1, -0.05) is 0 Å². The minimum Gasteiger partial charge on any atom is -0.508 e. The van der Waals surface area contributed by atoms with E-state index in [9.17, 15) is 18.7 Å². The van der Waals surface area contributed by atoms with Gasteiger partial charge in [0.25, 0.3) is 5.91 Å². The molecular formula is C17H16F2N2O5. The Kier molecular flexibility index (Phi) is 6.31. The number of carbonyl (C=O) groups is 1. The van der Waals surface area contributed by atoms with Crippen molar-refractivity contribution < 1.29 is 32.9 Å². The number of nitrogens with one attached hydrogen (secondary N) is 1. The number of benzene rings is 2. The maximum Gasteiger partial charge on any atom is 0.387 e. The van der Waals surface area contributed by atoms with Gasteiger partial charge < -0.3 is 19.3 Å². The van der Waals surface area contributed by atoms with Crippen LogP contribution in [-0.2, 0) is 0 Å². The number of carbonyl (C=O) groups excluding carboxylic acids is 1. The van der Waals surface area contributed by atoms with Gasteiger partial charge in [0.1, 0.15) is 5.75 Å². The van der Waals surface area contributed by atoms with Crippen molar-refractivity contribution in [1.29, 1.82) is 0 Å². The molecule has 0 unspecified atom stereocenters. The number of hydrogen-bond acceptors (Lipinski definition) is 6. The molecule has 0 heterocycles. The van der Waals surface area contributed by atoms with Crippen LogP contribution < -0.4 is 19.6 Å². The molecule has 0 atom stereocenters. The van der Waals surface area contributed by atoms with Gasteiger partial charge in [-0.3, -0.25) is 4.79 Å². The van der Waals surface area contributed by atoms with Crippen molar-refractivity contribution in [3.8, 4) is 23.0 Å². The molecule has 0 aliphatic heterocycles. The Bertz CT molecular complexity index is 769. The average molecular weight is 366 g/mol. The van der Waals surface area contributed by atoms with Gasteiger partial charge in [-0.15, -0.1) is 0 Å². The lowest BCUT2D eigenvalue weighted by atomic mass is 10.2. The molecule has 0 spiro atoms. The molecule has 0 aliphatic rings. The first-order valence-corrected chi connectivity index (χ1v) is 7.28. The topological polar surface area (TPSA) is 89.4 Å². The molecule has 9 heteroatoms. The first-order valence-electron chi connectivity index (χ1n) is 7.28. The van der Waals surface area contributed by atoms with E-state index in [1.54, 1.807) is 0 Å². The minimum absolute atomic E-state index is 0.0240. The zero-order valence-electron chi connectivity index (χ0n) is 13.9. The fraction of sp³-hybridized carbons (Fsp3) is 0.176. The summed E-state index contributed by atoms with van der Waals surface area (Å²) in [4.78, 5) is 11.9. The van der Waals surface area contributed by atoms with E-state index in [0.717, 1.165) is 0 Å². The monoisotopic (exact) mass is 366 g/mol. The van der Waals surface area contributed by atoms with Crippen LogP contribution in [0, 0.1) is 0 Å². The molecule has 0 saturated carbocycles. The van der Waals surface area contributed by atoms with Crippen molar-refractivity contribution >= 4 is 12.1 Å². The third kappa shape index (κ3) is 4.82. The Labute approximate surface area is 147 Å². The van der Waals surface area contributed by atoms with Gasteiger partial charge in [0.05, 0.1) is 20.4 Å². The number of rotatable bonds is 7. The second-order valence-electron chi connectivity index (χ2n) is 4.88. The molecule has 0 radical (unpaired) electrons. The third-order valence-corrected chi connectivity index (χ3v) is 3.20. The Morgan fingerprint density at radius 2 is 1.73 bits per heavy atom. The Morgan fingerprint density at radius 3 is 2.23 bits per heavy atom. The van der Waals surface area contributed by atoms with E-state index in [0.29, 0.717) is 11.1 Å². The van der Waals surface area contributed by atoms with Gasteiger partial charge in [0.2, 0.25) is 5.75 Å². The van der Waals surface area contributed by atoms with Crippen LogP contribution in [0.15, 0.2) is 41.5 Å². The summed E-state index contributed by atoms with van der Waals surface area (Å²) in [6.07, 6.45) is 1.29. The summed E-state index contributed by atoms with van der Waals surface area (Å²) >= 11 is 0. The Morgan fingerprint density at radius 1 is 1.15 bits per heavy atom. The number of phenols is 1. The predicted molar refractivity (Wildman–Crippen MR) is 89.3 cm³/mol. The third-order valence-electron chi connectivity index (χ3n) is 3.20. The summed E-state index contributed by atoms with van der Waals surface area (Å²) in [7, 11) is 2.58. The number of alkyl halides is 2. The summed E-state index contributed by atoms with van der Waals surface area (Å²) in [5.41, 5.74) is 3.03. The minimum atomic E-state index is -3.04. The highest BCUT2D eigenvalue weighted by molar-refractivity contribution is 5.95. The van der Waals surface area contributed by atoms with Crippen LogP contribution in [0.25, 0.3) is 0 Å². The lowest BCUT2D eigenvalue weighted by molar-refractivity contribution is -0.0526. The first kappa shape index (κ1) is 19.0. The molecule has 0 aliphatic carbocycles. The Hall–Kier alpha value is -3.36. The van der Waals surface area contributed by atoms with E-state index in [1.165, 1.54) is 56.8 Å². The van der Waals surface area contributed by atoms with Crippen LogP contribution >= 0.6 is 0 Å². The zero-order chi connectivity index (χ0) is 19.1. The predicted octanol–water partition coefficient (Wildman–Crippen LogP) is 2.77. The lowest BCUT2D eigenvalue weighted by Gasteiger charge is -2.14. The number of nitrogens with zero attached hydrogens (tertiary/aromatic N) is 1. The molecule has 0 fully saturated rings. The van der Waals surface area contributed by atoms with E-state index >= 15 is 0 Å². The van der Waals surface area contributed by atoms with Crippen molar-refractivity contribution in [3.05, 3.63) is 47.5 Å². The second-order valence-corrected chi connectivity index (χ2v) is 4.88. The largest absolute Gasteiger partial charge is 0.508 e. The van der Waals surface area contributed by atoms with E-state index in [-0.39, 0.29) is 23.0 Å². The van der Waals surface area contributed by atoms with Crippen molar-refractivity contribution in [3.63, 3.8) is 0 Å². The lowest BCUT2D eigenvalue weighted by Crippen LogP contribution is -2.17. The van der Waals surface area contributed by atoms with Crippen molar-refractivity contribution in [2.75, 3.05) is 14.2 Å². The van der Waals surface area contributed by atoms with E-state index in [4.69, 9.17) is 9.47 Å². The van der Waals surface area contributed by atoms with Crippen LogP contribution in [0.4, 0.5) is 8.78 Å². The summed E-state index contributed by atoms with van der Waals surface area (Å²) in [5.74, 6) is -0.643. The number of hydrazone groups is 1. The molecule has 2 aromatic rings. The average Bonchev–Trinajstić information content (AvgIpc) is 2.62. The van der Waals surface area contributed by atoms with Crippen LogP contribution in [-0.4, -0.2) is 38.1 Å². The van der Waals surface area contributed by atoms with Crippen LogP contribution in [0.1, 0.15) is 15.9 Å². The fourth-order valence-corrected chi connectivity index (χ4v) is 2.02. The summed E-state index contributed by atoms with van der Waals surface area (Å²) < 4.78 is 39.5. The van der Waals surface area contributed by atoms with Gasteiger partial charge in [0, 0.05) is 11.1 Å². The molecular weight excluding hydrogens is 350 g/mol. The van der Waals surface area contributed by atoms with Crippen LogP contribution in [0.3, 0.4) is 0 Å². The van der Waals surface area contributed by atoms with E-state index in [1.807, 2.05) is 0 Å². The maximum atomic E-state index is 12.5. The molecule has 2 aromatic carbocycles. The molecule has 0 saturated heterocycles. The van der Waals surface area contributed by atoms with Crippen molar-refractivity contribution in [1.82, 2.24) is 5.43 Å². The van der Waals surface area contributed by atoms with Crippen molar-refractivity contribution in [2.45, 2.75) is 6.61 Å². The Balaban J connectivity index is 2.16. The van der Waals surface area contributed by atoms with E-state index in [2.05, 4.69) is 15.3 Å². The van der Waals surface area contributed by atoms with Gasteiger partial charge in [-0.05, 0) is 36.4 Å². The number of phenolic OH excluding ortho intramolecular Hbond substituents is 1. The number of aromatic hydroxyl groups is 1. The van der Waals surface area contributed by atoms with Crippen molar-refractivity contribution in [2.24, 2.45) is 5.10 Å². The highest BCUT2D eigenvalue weighted by Crippen LogP contribution is 2.39. The molecule has 0 bridgehead atoms. The molecule has 138 valence electrons. The van der Waals surface area contributed by atoms with Crippen LogP contribution in [0.5, 0.6) is 23.0 Å². The highest BCUT2D eigenvalue weighted by Gasteiger charge is 2.17. The molecule has 26 heavy (non-hydrogen) atoms. The zero-order valence-corrected chi connectivity index (χ0v) is 13.9. The van der Waals surface area contributed by atoms with Gasteiger partial charge in [-0.25, -0.2) is 5.43 Å². The number of methoxy groups -OCH3 is 2. The number of hydrogen-bond donors (Lipinski definition) is 2. The molecule has 1 amide bonds. The maximum absolute atomic E-state index is 12.5. The number of halogens is 2. The molecule has 0 aromatic heterocycles. The smallest absolute Gasteiger partial charge is 0.387 e. The van der Waals surface area contributed by atoms with Gasteiger partial charge in [-0.2, -0.15) is 13.9 Å². The summed E-state index contributed by atoms with van der Waals surface area (Å²) in [6, 6.07) is 8.41.